The highest BCUT2D eigenvalue weighted by Crippen LogP contribution is 2.31. The van der Waals surface area contributed by atoms with E-state index >= 15 is 0 Å². The molecule has 0 aliphatic rings. The molecule has 0 aliphatic heterocycles. The lowest BCUT2D eigenvalue weighted by molar-refractivity contribution is 0.318. The Balaban J connectivity index is 2.56. The zero-order valence-corrected chi connectivity index (χ0v) is 12.2. The molecule has 110 valence electrons. The van der Waals surface area contributed by atoms with Gasteiger partial charge < -0.3 is 15.8 Å². The summed E-state index contributed by atoms with van der Waals surface area (Å²) in [6.45, 7) is 2.55. The quantitative estimate of drug-likeness (QED) is 0.391. The lowest BCUT2D eigenvalue weighted by Crippen LogP contribution is -2.22. The molecule has 4 nitrogen and oxygen atoms in total. The van der Waals surface area contributed by atoms with Crippen LogP contribution in [0.3, 0.4) is 0 Å². The average molecular weight is 308 g/mol. The summed E-state index contributed by atoms with van der Waals surface area (Å²) in [5.74, 6) is -0.320. The maximum atomic E-state index is 13.1. The summed E-state index contributed by atoms with van der Waals surface area (Å²) in [5, 5.41) is 12.5. The normalized spacial score (nSPS) is 11.5. The third kappa shape index (κ3) is 3.25. The molecule has 0 bridgehead atoms. The van der Waals surface area contributed by atoms with Crippen molar-refractivity contribution in [3.05, 3.63) is 58.9 Å². The van der Waals surface area contributed by atoms with Crippen molar-refractivity contribution in [1.82, 2.24) is 0 Å². The van der Waals surface area contributed by atoms with Crippen LogP contribution in [0.5, 0.6) is 0 Å². The van der Waals surface area contributed by atoms with Gasteiger partial charge in [-0.3, -0.25) is 0 Å². The SMILES string of the molecule is CCN(c1ccc(F)cc1)c1cc(Cl)ccc1C(N)=NO. The maximum absolute atomic E-state index is 13.1. The molecule has 0 saturated heterocycles. The standard InChI is InChI=1S/C15H15ClFN3O/c1-2-20(12-6-4-11(17)5-7-12)14-9-10(16)3-8-13(14)15(18)19-21/h3-9,21H,2H2,1H3,(H2,18,19). The molecule has 2 aromatic rings. The molecule has 0 fully saturated rings. The first-order valence-electron chi connectivity index (χ1n) is 6.37. The van der Waals surface area contributed by atoms with Crippen LogP contribution in [-0.2, 0) is 0 Å². The maximum Gasteiger partial charge on any atom is 0.172 e. The van der Waals surface area contributed by atoms with E-state index in [4.69, 9.17) is 22.5 Å². The molecule has 2 rings (SSSR count). The van der Waals surface area contributed by atoms with Gasteiger partial charge in [0.05, 0.1) is 5.69 Å². The first-order valence-corrected chi connectivity index (χ1v) is 6.75. The Labute approximate surface area is 127 Å². The van der Waals surface area contributed by atoms with Gasteiger partial charge in [-0.25, -0.2) is 4.39 Å². The Morgan fingerprint density at radius 3 is 2.52 bits per heavy atom. The highest BCUT2D eigenvalue weighted by atomic mass is 35.5. The van der Waals surface area contributed by atoms with Crippen LogP contribution in [0.15, 0.2) is 47.6 Å². The van der Waals surface area contributed by atoms with Gasteiger partial charge >= 0.3 is 0 Å². The number of oxime groups is 1. The van der Waals surface area contributed by atoms with Crippen LogP contribution in [0.4, 0.5) is 15.8 Å². The van der Waals surface area contributed by atoms with E-state index in [1.165, 1.54) is 12.1 Å². The van der Waals surface area contributed by atoms with Crippen molar-refractivity contribution >= 4 is 28.8 Å². The molecule has 0 saturated carbocycles. The minimum atomic E-state index is -0.308. The van der Waals surface area contributed by atoms with Gasteiger partial charge in [-0.05, 0) is 49.4 Å². The summed E-state index contributed by atoms with van der Waals surface area (Å²) in [6, 6.07) is 11.2. The molecule has 0 radical (unpaired) electrons. The number of amidine groups is 1. The summed E-state index contributed by atoms with van der Waals surface area (Å²) in [5.41, 5.74) is 7.73. The summed E-state index contributed by atoms with van der Waals surface area (Å²) in [4.78, 5) is 1.90. The van der Waals surface area contributed by atoms with Gasteiger partial charge in [0.2, 0.25) is 0 Å². The fraction of sp³-hybridized carbons (Fsp3) is 0.133. The van der Waals surface area contributed by atoms with E-state index in [2.05, 4.69) is 5.16 Å². The number of nitrogens with zero attached hydrogens (tertiary/aromatic N) is 2. The van der Waals surface area contributed by atoms with Crippen LogP contribution in [0.1, 0.15) is 12.5 Å². The highest BCUT2D eigenvalue weighted by molar-refractivity contribution is 6.31. The van der Waals surface area contributed by atoms with Crippen LogP contribution in [0.25, 0.3) is 0 Å². The van der Waals surface area contributed by atoms with Gasteiger partial charge in [0.1, 0.15) is 5.82 Å². The zero-order chi connectivity index (χ0) is 15.4. The molecule has 0 spiro atoms. The number of hydrogen-bond acceptors (Lipinski definition) is 3. The van der Waals surface area contributed by atoms with Crippen LogP contribution in [0, 0.1) is 5.82 Å². The summed E-state index contributed by atoms with van der Waals surface area (Å²) < 4.78 is 13.1. The number of halogens is 2. The fourth-order valence-electron chi connectivity index (χ4n) is 2.11. The molecule has 0 atom stereocenters. The molecule has 3 N–H and O–H groups in total. The van der Waals surface area contributed by atoms with E-state index in [0.29, 0.717) is 22.8 Å². The van der Waals surface area contributed by atoms with Gasteiger partial charge in [0.25, 0.3) is 0 Å². The Hall–Kier alpha value is -2.27. The summed E-state index contributed by atoms with van der Waals surface area (Å²) >= 11 is 6.05. The van der Waals surface area contributed by atoms with E-state index in [-0.39, 0.29) is 11.7 Å². The van der Waals surface area contributed by atoms with Gasteiger partial charge in [0.15, 0.2) is 5.84 Å². The third-order valence-corrected chi connectivity index (χ3v) is 3.32. The molecule has 6 heteroatoms. The van der Waals surface area contributed by atoms with Gasteiger partial charge in [-0.1, -0.05) is 16.8 Å². The predicted octanol–water partition coefficient (Wildman–Crippen LogP) is 3.73. The van der Waals surface area contributed by atoms with Crippen molar-refractivity contribution < 1.29 is 9.60 Å². The number of benzene rings is 2. The lowest BCUT2D eigenvalue weighted by atomic mass is 10.1. The Kier molecular flexibility index (Phi) is 4.65. The van der Waals surface area contributed by atoms with Crippen molar-refractivity contribution in [2.24, 2.45) is 10.9 Å². The van der Waals surface area contributed by atoms with Crippen LogP contribution in [-0.4, -0.2) is 17.6 Å². The van der Waals surface area contributed by atoms with Crippen LogP contribution in [0.2, 0.25) is 5.02 Å². The van der Waals surface area contributed by atoms with E-state index in [1.807, 2.05) is 11.8 Å². The van der Waals surface area contributed by atoms with E-state index in [9.17, 15) is 4.39 Å². The van der Waals surface area contributed by atoms with E-state index < -0.39 is 0 Å². The molecule has 21 heavy (non-hydrogen) atoms. The first kappa shape index (κ1) is 15.1. The average Bonchev–Trinajstić information content (AvgIpc) is 2.49. The van der Waals surface area contributed by atoms with Crippen LogP contribution >= 0.6 is 11.6 Å². The number of anilines is 2. The van der Waals surface area contributed by atoms with Crippen molar-refractivity contribution in [1.29, 1.82) is 0 Å². The largest absolute Gasteiger partial charge is 0.409 e. The lowest BCUT2D eigenvalue weighted by Gasteiger charge is -2.25. The van der Waals surface area contributed by atoms with E-state index in [1.54, 1.807) is 30.3 Å². The second-order valence-electron chi connectivity index (χ2n) is 4.37. The molecular weight excluding hydrogens is 293 g/mol. The predicted molar refractivity (Wildman–Crippen MR) is 83.0 cm³/mol. The van der Waals surface area contributed by atoms with E-state index in [0.717, 1.165) is 5.69 Å². The molecular formula is C15H15ClFN3O. The highest BCUT2D eigenvalue weighted by Gasteiger charge is 2.15. The number of rotatable bonds is 4. The van der Waals surface area contributed by atoms with Crippen molar-refractivity contribution in [2.45, 2.75) is 6.92 Å². The second kappa shape index (κ2) is 6.45. The van der Waals surface area contributed by atoms with Crippen molar-refractivity contribution in [3.63, 3.8) is 0 Å². The fourth-order valence-corrected chi connectivity index (χ4v) is 2.28. The Morgan fingerprint density at radius 1 is 1.29 bits per heavy atom. The smallest absolute Gasteiger partial charge is 0.172 e. The van der Waals surface area contributed by atoms with Crippen molar-refractivity contribution in [2.75, 3.05) is 11.4 Å². The molecule has 0 aliphatic carbocycles. The topological polar surface area (TPSA) is 61.8 Å². The molecule has 0 unspecified atom stereocenters. The monoisotopic (exact) mass is 307 g/mol. The first-order chi connectivity index (χ1) is 10.1. The Morgan fingerprint density at radius 2 is 1.95 bits per heavy atom. The number of hydrogen-bond donors (Lipinski definition) is 2. The molecule has 0 heterocycles. The second-order valence-corrected chi connectivity index (χ2v) is 4.80. The Bertz CT molecular complexity index is 658. The molecule has 2 aromatic carbocycles. The van der Waals surface area contributed by atoms with Gasteiger partial charge in [0, 0.05) is 22.8 Å². The van der Waals surface area contributed by atoms with Gasteiger partial charge in [-0.2, -0.15) is 0 Å². The van der Waals surface area contributed by atoms with Gasteiger partial charge in [-0.15, -0.1) is 0 Å². The minimum Gasteiger partial charge on any atom is -0.409 e. The molecule has 0 aromatic heterocycles. The van der Waals surface area contributed by atoms with Crippen LogP contribution < -0.4 is 10.6 Å². The third-order valence-electron chi connectivity index (χ3n) is 3.09. The molecule has 0 amide bonds. The summed E-state index contributed by atoms with van der Waals surface area (Å²) in [6.07, 6.45) is 0. The minimum absolute atomic E-state index is 0.0118. The van der Waals surface area contributed by atoms with Crippen molar-refractivity contribution in [3.8, 4) is 0 Å². The zero-order valence-electron chi connectivity index (χ0n) is 11.4. The summed E-state index contributed by atoms with van der Waals surface area (Å²) in [7, 11) is 0. The number of nitrogens with two attached hydrogens (primary N) is 1.